The summed E-state index contributed by atoms with van der Waals surface area (Å²) in [5.74, 6) is -3.46. The first-order valence-electron chi connectivity index (χ1n) is 12.1. The third-order valence-corrected chi connectivity index (χ3v) is 6.84. The van der Waals surface area contributed by atoms with Gasteiger partial charge in [-0.1, -0.05) is 84.9 Å². The lowest BCUT2D eigenvalue weighted by Crippen LogP contribution is -2.66. The van der Waals surface area contributed by atoms with Crippen LogP contribution in [0.5, 0.6) is 11.5 Å². The number of benzene rings is 4. The first kappa shape index (κ1) is 24.6. The van der Waals surface area contributed by atoms with Crippen LogP contribution in [-0.2, 0) is 15.3 Å². The van der Waals surface area contributed by atoms with Gasteiger partial charge in [-0.05, 0) is 41.8 Å². The monoisotopic (exact) mass is 496 g/mol. The second-order valence-electron chi connectivity index (χ2n) is 8.92. The summed E-state index contributed by atoms with van der Waals surface area (Å²) in [5.41, 5.74) is 0.750. The average molecular weight is 497 g/mol. The van der Waals surface area contributed by atoms with Crippen LogP contribution in [0.4, 0.5) is 0 Å². The normalized spacial score (nSPS) is 22.4. The standard InChI is InChI=1S/C31H28O6/c1-3-36-29(32)30(33)28(23-15-19-25(35-2)20-16-23)26-11-7-8-12-27(26)37-31(30,34)24-17-13-22(14-18-24)21-9-5-4-6-10-21/h4-20,28,33-34H,3H2,1-2H3/t28?,30-,31+/m1/s1. The number of rotatable bonds is 6. The molecule has 3 atom stereocenters. The van der Waals surface area contributed by atoms with E-state index < -0.39 is 23.3 Å². The molecule has 5 rings (SSSR count). The van der Waals surface area contributed by atoms with Crippen molar-refractivity contribution in [2.75, 3.05) is 13.7 Å². The van der Waals surface area contributed by atoms with Crippen molar-refractivity contribution in [2.24, 2.45) is 0 Å². The minimum absolute atomic E-state index is 0.0150. The van der Waals surface area contributed by atoms with Crippen LogP contribution in [0.15, 0.2) is 103 Å². The van der Waals surface area contributed by atoms with Crippen molar-refractivity contribution in [3.05, 3.63) is 120 Å². The van der Waals surface area contributed by atoms with E-state index in [9.17, 15) is 15.0 Å². The van der Waals surface area contributed by atoms with Crippen LogP contribution in [0, 0.1) is 0 Å². The zero-order valence-corrected chi connectivity index (χ0v) is 20.6. The van der Waals surface area contributed by atoms with Crippen LogP contribution in [0.3, 0.4) is 0 Å². The fourth-order valence-corrected chi connectivity index (χ4v) is 4.98. The summed E-state index contributed by atoms with van der Waals surface area (Å²) >= 11 is 0. The predicted octanol–water partition coefficient (Wildman–Crippen LogP) is 5.03. The quantitative estimate of drug-likeness (QED) is 0.365. The highest BCUT2D eigenvalue weighted by molar-refractivity contribution is 5.85. The summed E-state index contributed by atoms with van der Waals surface area (Å²) in [6, 6.07) is 30.8. The van der Waals surface area contributed by atoms with E-state index >= 15 is 0 Å². The molecule has 1 unspecified atom stereocenters. The molecule has 6 nitrogen and oxygen atoms in total. The van der Waals surface area contributed by atoms with E-state index in [4.69, 9.17) is 14.2 Å². The van der Waals surface area contributed by atoms with Crippen molar-refractivity contribution >= 4 is 5.97 Å². The number of fused-ring (bicyclic) bond motifs is 1. The van der Waals surface area contributed by atoms with Gasteiger partial charge >= 0.3 is 5.97 Å². The molecule has 0 radical (unpaired) electrons. The molecule has 37 heavy (non-hydrogen) atoms. The van der Waals surface area contributed by atoms with Crippen molar-refractivity contribution in [3.63, 3.8) is 0 Å². The lowest BCUT2D eigenvalue weighted by atomic mass is 9.68. The Morgan fingerprint density at radius 2 is 1.46 bits per heavy atom. The molecule has 4 aromatic rings. The third-order valence-electron chi connectivity index (χ3n) is 6.84. The number of para-hydroxylation sites is 1. The van der Waals surface area contributed by atoms with Gasteiger partial charge in [-0.2, -0.15) is 0 Å². The Labute approximate surface area is 215 Å². The van der Waals surface area contributed by atoms with Gasteiger partial charge in [0.25, 0.3) is 5.79 Å². The van der Waals surface area contributed by atoms with E-state index in [1.165, 1.54) is 0 Å². The second kappa shape index (κ2) is 9.73. The highest BCUT2D eigenvalue weighted by Crippen LogP contribution is 2.54. The van der Waals surface area contributed by atoms with Gasteiger partial charge in [-0.3, -0.25) is 0 Å². The molecular weight excluding hydrogens is 468 g/mol. The van der Waals surface area contributed by atoms with E-state index in [-0.39, 0.29) is 12.2 Å². The van der Waals surface area contributed by atoms with E-state index in [2.05, 4.69) is 0 Å². The van der Waals surface area contributed by atoms with Crippen LogP contribution < -0.4 is 9.47 Å². The zero-order chi connectivity index (χ0) is 26.0. The number of methoxy groups -OCH3 is 1. The summed E-state index contributed by atoms with van der Waals surface area (Å²) in [5, 5.41) is 24.5. The second-order valence-corrected chi connectivity index (χ2v) is 8.92. The number of ether oxygens (including phenoxy) is 3. The minimum atomic E-state index is -2.51. The largest absolute Gasteiger partial charge is 0.497 e. The molecule has 0 aromatic heterocycles. The van der Waals surface area contributed by atoms with Crippen molar-refractivity contribution < 1.29 is 29.2 Å². The van der Waals surface area contributed by atoms with Gasteiger partial charge < -0.3 is 24.4 Å². The van der Waals surface area contributed by atoms with Gasteiger partial charge in [0.05, 0.1) is 19.6 Å². The number of carbonyl (C=O) groups is 1. The fourth-order valence-electron chi connectivity index (χ4n) is 4.98. The Kier molecular flexibility index (Phi) is 6.46. The predicted molar refractivity (Wildman–Crippen MR) is 139 cm³/mol. The van der Waals surface area contributed by atoms with Gasteiger partial charge in [-0.15, -0.1) is 0 Å². The maximum Gasteiger partial charge on any atom is 0.346 e. The van der Waals surface area contributed by atoms with Crippen LogP contribution in [0.1, 0.15) is 29.5 Å². The summed E-state index contributed by atoms with van der Waals surface area (Å²) in [6.07, 6.45) is 0. The van der Waals surface area contributed by atoms with E-state index in [1.54, 1.807) is 74.7 Å². The van der Waals surface area contributed by atoms with Crippen molar-refractivity contribution in [1.29, 1.82) is 0 Å². The number of esters is 1. The molecule has 0 fully saturated rings. The van der Waals surface area contributed by atoms with Crippen molar-refractivity contribution in [1.82, 2.24) is 0 Å². The Balaban J connectivity index is 1.71. The maximum absolute atomic E-state index is 13.6. The molecule has 188 valence electrons. The number of hydrogen-bond acceptors (Lipinski definition) is 6. The van der Waals surface area contributed by atoms with Crippen molar-refractivity contribution in [3.8, 4) is 22.6 Å². The lowest BCUT2D eigenvalue weighted by Gasteiger charge is -2.49. The SMILES string of the molecule is CCOC(=O)[C@]1(O)C(c2ccc(OC)cc2)c2ccccc2O[C@@]1(O)c1ccc(-c2ccccc2)cc1. The Bertz CT molecular complexity index is 1380. The van der Waals surface area contributed by atoms with Gasteiger partial charge in [-0.25, -0.2) is 4.79 Å². The molecule has 0 saturated heterocycles. The lowest BCUT2D eigenvalue weighted by molar-refractivity contribution is -0.280. The number of aliphatic hydroxyl groups is 2. The van der Waals surface area contributed by atoms with E-state index in [0.717, 1.165) is 11.1 Å². The molecule has 1 aliphatic rings. The van der Waals surface area contributed by atoms with Crippen LogP contribution >= 0.6 is 0 Å². The Hall–Kier alpha value is -4.13. The Morgan fingerprint density at radius 3 is 2.11 bits per heavy atom. The van der Waals surface area contributed by atoms with Crippen LogP contribution in [-0.4, -0.2) is 35.5 Å². The molecule has 0 saturated carbocycles. The summed E-state index contributed by atoms with van der Waals surface area (Å²) in [7, 11) is 1.56. The van der Waals surface area contributed by atoms with Crippen molar-refractivity contribution in [2.45, 2.75) is 24.2 Å². The smallest absolute Gasteiger partial charge is 0.346 e. The highest BCUT2D eigenvalue weighted by atomic mass is 16.7. The fraction of sp³-hybridized carbons (Fsp3) is 0.194. The molecule has 6 heteroatoms. The van der Waals surface area contributed by atoms with Crippen LogP contribution in [0.25, 0.3) is 11.1 Å². The molecule has 0 amide bonds. The molecule has 2 N–H and O–H groups in total. The molecule has 0 aliphatic carbocycles. The number of hydrogen-bond donors (Lipinski definition) is 2. The van der Waals surface area contributed by atoms with E-state index in [1.807, 2.05) is 42.5 Å². The molecule has 0 spiro atoms. The average Bonchev–Trinajstić information content (AvgIpc) is 2.94. The van der Waals surface area contributed by atoms with Gasteiger partial charge in [0, 0.05) is 11.1 Å². The van der Waals surface area contributed by atoms with Gasteiger partial charge in [0.15, 0.2) is 0 Å². The number of carbonyl (C=O) groups excluding carboxylic acids is 1. The highest BCUT2D eigenvalue weighted by Gasteiger charge is 2.67. The van der Waals surface area contributed by atoms with Gasteiger partial charge in [0.1, 0.15) is 11.5 Å². The summed E-state index contributed by atoms with van der Waals surface area (Å²) in [6.45, 7) is 1.66. The van der Waals surface area contributed by atoms with E-state index in [0.29, 0.717) is 22.6 Å². The molecule has 1 aliphatic heterocycles. The molecular formula is C31H28O6. The van der Waals surface area contributed by atoms with Crippen LogP contribution in [0.2, 0.25) is 0 Å². The molecule has 4 aromatic carbocycles. The molecule has 0 bridgehead atoms. The van der Waals surface area contributed by atoms with Gasteiger partial charge in [0.2, 0.25) is 5.60 Å². The zero-order valence-electron chi connectivity index (χ0n) is 20.6. The summed E-state index contributed by atoms with van der Waals surface area (Å²) in [4.78, 5) is 13.6. The third kappa shape index (κ3) is 4.04. The first-order valence-corrected chi connectivity index (χ1v) is 12.1. The summed E-state index contributed by atoms with van der Waals surface area (Å²) < 4.78 is 16.8. The molecule has 1 heterocycles. The first-order chi connectivity index (χ1) is 17.9. The topological polar surface area (TPSA) is 85.2 Å². The Morgan fingerprint density at radius 1 is 0.838 bits per heavy atom. The minimum Gasteiger partial charge on any atom is -0.497 e. The maximum atomic E-state index is 13.6.